The van der Waals surface area contributed by atoms with Crippen molar-refractivity contribution in [2.45, 2.75) is 20.8 Å². The third-order valence-corrected chi connectivity index (χ3v) is 17.3. The molecule has 0 atom stereocenters. The normalized spacial score (nSPS) is 18.8. The highest BCUT2D eigenvalue weighted by Gasteiger charge is 2.41. The molecule has 366 valence electrons. The van der Waals surface area contributed by atoms with Gasteiger partial charge in [-0.05, 0) is 57.2 Å². The predicted molar refractivity (Wildman–Crippen MR) is 248 cm³/mol. The summed E-state index contributed by atoms with van der Waals surface area (Å²) >= 11 is 0. The molecule has 1 heterocycles. The van der Waals surface area contributed by atoms with E-state index in [1.807, 2.05) is 91.0 Å². The van der Waals surface area contributed by atoms with Gasteiger partial charge in [0.2, 0.25) is 0 Å². The summed E-state index contributed by atoms with van der Waals surface area (Å²) in [6.45, 7) is 5.37. The lowest BCUT2D eigenvalue weighted by Crippen LogP contribution is -2.29. The van der Waals surface area contributed by atoms with Gasteiger partial charge in [-0.15, -0.1) is 0 Å². The fourth-order valence-electron chi connectivity index (χ4n) is 5.35. The van der Waals surface area contributed by atoms with E-state index in [2.05, 4.69) is 15.3 Å². The summed E-state index contributed by atoms with van der Waals surface area (Å²) in [7, 11) is -11.6. The van der Waals surface area contributed by atoms with Crippen LogP contribution in [0.25, 0.3) is 0 Å². The molecule has 0 bridgehead atoms. The van der Waals surface area contributed by atoms with E-state index in [4.69, 9.17) is 69.7 Å². The first-order chi connectivity index (χ1) is 32.2. The van der Waals surface area contributed by atoms with Gasteiger partial charge in [0, 0.05) is 0 Å². The minimum atomic E-state index is -3.87. The van der Waals surface area contributed by atoms with Crippen LogP contribution in [0.4, 0.5) is 0 Å². The van der Waals surface area contributed by atoms with Gasteiger partial charge in [0.1, 0.15) is 56.7 Å². The van der Waals surface area contributed by atoms with Gasteiger partial charge in [0.25, 0.3) is 22.7 Å². The van der Waals surface area contributed by atoms with Crippen molar-refractivity contribution in [1.29, 1.82) is 0 Å². The van der Waals surface area contributed by atoms with Gasteiger partial charge in [-0.25, -0.2) is 15.3 Å². The molecule has 3 N–H and O–H groups in total. The molecule has 3 aromatic rings. The lowest BCUT2D eigenvalue weighted by Gasteiger charge is -2.35. The highest BCUT2D eigenvalue weighted by Crippen LogP contribution is 2.75. The number of nitrogens with one attached hydrogen (secondary N) is 3. The lowest BCUT2D eigenvalue weighted by atomic mass is 10.3. The van der Waals surface area contributed by atoms with Crippen LogP contribution in [0.2, 0.25) is 0 Å². The molecule has 0 saturated carbocycles. The molecule has 0 fully saturated rings. The van der Waals surface area contributed by atoms with E-state index in [1.54, 1.807) is 20.8 Å². The number of rotatable bonds is 36. The first-order valence-electron chi connectivity index (χ1n) is 21.6. The molecule has 21 nitrogen and oxygen atoms in total. The first kappa shape index (κ1) is 54.4. The largest absolute Gasteiger partial charge is 0.491 e. The standard InChI is InChI=1S/C42H63N6O15P3/c1-4-55-40(49)34-43-64(61-31-25-52-22-28-58-37-16-10-7-11-17-37)46-65(44-35-41(50)56-5-2,62-32-26-53-23-29-59-38-18-12-8-13-19-38)48-66(47-64,45-36-42(51)57-6-3)63-33-27-54-24-30-60-39-20-14-9-15-21-39/h7-21,43-45H,4-6,22-36H2,1-3H3. The molecular weight excluding hydrogens is 921 g/mol. The molecule has 0 aromatic heterocycles. The van der Waals surface area contributed by atoms with Crippen LogP contribution < -0.4 is 29.5 Å². The SMILES string of the molecule is CCOC(=O)CNP1(OCCOCCOc2ccccc2)=NP(NCC(=O)OCC)(OCCOCCOc2ccccc2)=NP(NCC(=O)OCC)(OCCOCCOc2ccccc2)=N1. The van der Waals surface area contributed by atoms with E-state index in [-0.39, 0.29) is 99.1 Å². The fraction of sp³-hybridized carbons (Fsp3) is 0.500. The van der Waals surface area contributed by atoms with Crippen molar-refractivity contribution >= 4 is 40.7 Å². The van der Waals surface area contributed by atoms with Gasteiger partial charge in [-0.3, -0.25) is 14.4 Å². The number of para-hydroxylation sites is 3. The van der Waals surface area contributed by atoms with Gasteiger partial charge >= 0.3 is 17.9 Å². The number of hydrogen-bond acceptors (Lipinski definition) is 21. The summed E-state index contributed by atoms with van der Waals surface area (Å²) in [5, 5.41) is 9.22. The molecule has 3 aromatic carbocycles. The maximum atomic E-state index is 12.9. The molecule has 0 radical (unpaired) electrons. The van der Waals surface area contributed by atoms with E-state index in [0.717, 1.165) is 0 Å². The van der Waals surface area contributed by atoms with E-state index in [0.29, 0.717) is 17.2 Å². The summed E-state index contributed by atoms with van der Waals surface area (Å²) < 4.78 is 85.0. The molecule has 66 heavy (non-hydrogen) atoms. The number of carbonyl (C=O) groups is 3. The third-order valence-electron chi connectivity index (χ3n) is 8.15. The van der Waals surface area contributed by atoms with Crippen LogP contribution in [-0.2, 0) is 56.4 Å². The van der Waals surface area contributed by atoms with Gasteiger partial charge in [0.05, 0.1) is 79.3 Å². The predicted octanol–water partition coefficient (Wildman–Crippen LogP) is 6.63. The summed E-state index contributed by atoms with van der Waals surface area (Å²) in [4.78, 5) is 38.8. The van der Waals surface area contributed by atoms with Gasteiger partial charge in [-0.2, -0.15) is 13.5 Å². The molecule has 0 saturated heterocycles. The highest BCUT2D eigenvalue weighted by atomic mass is 31.3. The monoisotopic (exact) mass is 984 g/mol. The summed E-state index contributed by atoms with van der Waals surface area (Å²) in [5.74, 6) is 0.182. The quantitative estimate of drug-likeness (QED) is 0.0240. The molecular formula is C42H63N6O15P3. The second kappa shape index (κ2) is 31.7. The molecule has 24 heteroatoms. The van der Waals surface area contributed by atoms with E-state index >= 15 is 0 Å². The summed E-state index contributed by atoms with van der Waals surface area (Å²) in [6, 6.07) is 27.9. The fourth-order valence-corrected chi connectivity index (χ4v) is 15.7. The van der Waals surface area contributed by atoms with Crippen molar-refractivity contribution in [3.05, 3.63) is 91.0 Å². The zero-order valence-electron chi connectivity index (χ0n) is 37.7. The molecule has 4 rings (SSSR count). The maximum absolute atomic E-state index is 12.9. The van der Waals surface area contributed by atoms with E-state index in [1.165, 1.54) is 0 Å². The second-order valence-electron chi connectivity index (χ2n) is 13.1. The minimum Gasteiger partial charge on any atom is -0.491 e. The van der Waals surface area contributed by atoms with Gasteiger partial charge in [0.15, 0.2) is 0 Å². The molecule has 0 unspecified atom stereocenters. The van der Waals surface area contributed by atoms with Crippen LogP contribution in [0.1, 0.15) is 20.8 Å². The van der Waals surface area contributed by atoms with Gasteiger partial charge in [-0.1, -0.05) is 54.6 Å². The van der Waals surface area contributed by atoms with Crippen LogP contribution >= 0.6 is 22.7 Å². The van der Waals surface area contributed by atoms with Crippen molar-refractivity contribution in [3.63, 3.8) is 0 Å². The van der Waals surface area contributed by atoms with Crippen LogP contribution in [0, 0.1) is 0 Å². The van der Waals surface area contributed by atoms with Crippen molar-refractivity contribution in [3.8, 4) is 17.2 Å². The Bertz CT molecular complexity index is 1780. The van der Waals surface area contributed by atoms with Crippen LogP contribution in [-0.4, -0.2) is 137 Å². The molecule has 0 amide bonds. The van der Waals surface area contributed by atoms with Crippen LogP contribution in [0.5, 0.6) is 17.2 Å². The Morgan fingerprint density at radius 2 is 0.652 bits per heavy atom. The molecule has 1 aliphatic heterocycles. The third kappa shape index (κ3) is 21.6. The summed E-state index contributed by atoms with van der Waals surface area (Å²) in [6.07, 6.45) is 0. The Morgan fingerprint density at radius 1 is 0.394 bits per heavy atom. The Kier molecular flexibility index (Phi) is 26.1. The lowest BCUT2D eigenvalue weighted by molar-refractivity contribution is -0.142. The first-order valence-corrected chi connectivity index (χ1v) is 26.4. The van der Waals surface area contributed by atoms with E-state index in [9.17, 15) is 14.4 Å². The average molecular weight is 985 g/mol. The zero-order chi connectivity index (χ0) is 47.0. The topological polar surface area (TPSA) is 235 Å². The van der Waals surface area contributed by atoms with Crippen molar-refractivity contribution in [1.82, 2.24) is 15.3 Å². The van der Waals surface area contributed by atoms with Crippen molar-refractivity contribution in [2.24, 2.45) is 13.5 Å². The number of benzene rings is 3. The minimum absolute atomic E-state index is 0.0477. The maximum Gasteiger partial charge on any atom is 0.320 e. The Balaban J connectivity index is 1.66. The second-order valence-corrected chi connectivity index (χ2v) is 20.3. The smallest absolute Gasteiger partial charge is 0.320 e. The van der Waals surface area contributed by atoms with Crippen molar-refractivity contribution in [2.75, 3.05) is 119 Å². The number of hydrogen-bond donors (Lipinski definition) is 3. The highest BCUT2D eigenvalue weighted by molar-refractivity contribution is 7.81. The molecule has 0 aliphatic carbocycles. The average Bonchev–Trinajstić information content (AvgIpc) is 3.32. The summed E-state index contributed by atoms with van der Waals surface area (Å²) in [5.41, 5.74) is 0. The molecule has 1 aliphatic rings. The van der Waals surface area contributed by atoms with Gasteiger partial charge < -0.3 is 56.2 Å². The van der Waals surface area contributed by atoms with Crippen molar-refractivity contribution < 1.29 is 70.6 Å². The Labute approximate surface area is 386 Å². The Hall–Kier alpha value is -4.20. The number of esters is 3. The Morgan fingerprint density at radius 3 is 0.909 bits per heavy atom. The van der Waals surface area contributed by atoms with Crippen LogP contribution in [0.15, 0.2) is 105 Å². The number of carbonyl (C=O) groups excluding carboxylic acids is 3. The van der Waals surface area contributed by atoms with Crippen LogP contribution in [0.3, 0.4) is 0 Å². The number of nitrogens with zero attached hydrogens (tertiary/aromatic N) is 3. The van der Waals surface area contributed by atoms with E-state index < -0.39 is 60.3 Å². The molecule has 0 spiro atoms. The number of ether oxygens (including phenoxy) is 9. The zero-order valence-corrected chi connectivity index (χ0v) is 40.4.